The molecule has 2 N–H and O–H groups in total. The summed E-state index contributed by atoms with van der Waals surface area (Å²) in [4.78, 5) is 0.137. The van der Waals surface area contributed by atoms with Crippen LogP contribution in [0.4, 0.5) is 10.1 Å². The Morgan fingerprint density at radius 1 is 1.20 bits per heavy atom. The van der Waals surface area contributed by atoms with Crippen molar-refractivity contribution in [1.29, 1.82) is 0 Å². The van der Waals surface area contributed by atoms with Crippen molar-refractivity contribution < 1.29 is 12.8 Å². The van der Waals surface area contributed by atoms with Gasteiger partial charge in [0.15, 0.2) is 0 Å². The van der Waals surface area contributed by atoms with Crippen molar-refractivity contribution in [3.05, 3.63) is 23.0 Å². The normalized spacial score (nSPS) is 12.1. The largest absolute Gasteiger partial charge is 0.396 e. The number of benzene rings is 1. The lowest BCUT2D eigenvalue weighted by Crippen LogP contribution is -2.33. The summed E-state index contributed by atoms with van der Waals surface area (Å²) >= 11 is 0. The second kappa shape index (κ2) is 6.54. The number of anilines is 1. The van der Waals surface area contributed by atoms with Crippen molar-refractivity contribution in [2.75, 3.05) is 18.8 Å². The molecule has 0 aliphatic rings. The number of sulfonamides is 1. The zero-order chi connectivity index (χ0) is 15.5. The molecule has 0 radical (unpaired) electrons. The zero-order valence-electron chi connectivity index (χ0n) is 12.5. The highest BCUT2D eigenvalue weighted by molar-refractivity contribution is 7.89. The van der Waals surface area contributed by atoms with E-state index in [4.69, 9.17) is 5.73 Å². The molecule has 0 unspecified atom stereocenters. The van der Waals surface area contributed by atoms with Gasteiger partial charge >= 0.3 is 0 Å². The summed E-state index contributed by atoms with van der Waals surface area (Å²) in [5, 5.41) is 0. The van der Waals surface area contributed by atoms with Gasteiger partial charge in [0.25, 0.3) is 0 Å². The van der Waals surface area contributed by atoms with E-state index in [9.17, 15) is 12.8 Å². The van der Waals surface area contributed by atoms with Gasteiger partial charge in [-0.05, 0) is 43.9 Å². The third-order valence-electron chi connectivity index (χ3n) is 3.25. The van der Waals surface area contributed by atoms with E-state index in [1.807, 2.05) is 13.8 Å². The summed E-state index contributed by atoms with van der Waals surface area (Å²) in [5.74, 6) is -0.573. The van der Waals surface area contributed by atoms with Crippen LogP contribution in [0.1, 0.15) is 37.8 Å². The van der Waals surface area contributed by atoms with Gasteiger partial charge in [-0.1, -0.05) is 13.8 Å². The van der Waals surface area contributed by atoms with Gasteiger partial charge in [-0.2, -0.15) is 4.31 Å². The third kappa shape index (κ3) is 3.12. The fraction of sp³-hybridized carbons (Fsp3) is 0.571. The number of nitrogen functional groups attached to an aromatic ring is 1. The predicted molar refractivity (Wildman–Crippen MR) is 79.6 cm³/mol. The fourth-order valence-electron chi connectivity index (χ4n) is 2.31. The van der Waals surface area contributed by atoms with Gasteiger partial charge in [0.1, 0.15) is 5.82 Å². The van der Waals surface area contributed by atoms with Crippen LogP contribution >= 0.6 is 0 Å². The number of halogens is 1. The molecule has 0 saturated heterocycles. The molecule has 20 heavy (non-hydrogen) atoms. The molecule has 114 valence electrons. The second-order valence-electron chi connectivity index (χ2n) is 4.95. The molecule has 0 spiro atoms. The van der Waals surface area contributed by atoms with Crippen LogP contribution in [0, 0.1) is 19.7 Å². The molecular formula is C14H23FN2O2S. The SMILES string of the molecule is CCCN(CCC)S(=O)(=O)c1c(C)cc(F)c(N)c1C. The first-order chi connectivity index (χ1) is 9.27. The topological polar surface area (TPSA) is 63.4 Å². The molecule has 0 aliphatic carbocycles. The Labute approximate surface area is 120 Å². The molecule has 0 fully saturated rings. The van der Waals surface area contributed by atoms with Crippen LogP contribution in [0.2, 0.25) is 0 Å². The second-order valence-corrected chi connectivity index (χ2v) is 6.82. The first kappa shape index (κ1) is 16.9. The highest BCUT2D eigenvalue weighted by atomic mass is 32.2. The van der Waals surface area contributed by atoms with E-state index in [1.54, 1.807) is 13.8 Å². The van der Waals surface area contributed by atoms with Crippen LogP contribution in [0.3, 0.4) is 0 Å². The summed E-state index contributed by atoms with van der Waals surface area (Å²) in [5.41, 5.74) is 6.23. The molecule has 1 rings (SSSR count). The number of aryl methyl sites for hydroxylation is 1. The monoisotopic (exact) mass is 302 g/mol. The average molecular weight is 302 g/mol. The molecule has 0 aliphatic heterocycles. The molecule has 0 atom stereocenters. The van der Waals surface area contributed by atoms with Gasteiger partial charge in [-0.15, -0.1) is 0 Å². The van der Waals surface area contributed by atoms with Crippen LogP contribution < -0.4 is 5.73 Å². The molecule has 4 nitrogen and oxygen atoms in total. The molecule has 0 aromatic heterocycles. The highest BCUT2D eigenvalue weighted by Crippen LogP contribution is 2.30. The summed E-state index contributed by atoms with van der Waals surface area (Å²) in [6.07, 6.45) is 1.46. The van der Waals surface area contributed by atoms with E-state index in [-0.39, 0.29) is 10.6 Å². The zero-order valence-corrected chi connectivity index (χ0v) is 13.3. The first-order valence-corrected chi connectivity index (χ1v) is 8.26. The third-order valence-corrected chi connectivity index (χ3v) is 5.44. The van der Waals surface area contributed by atoms with E-state index < -0.39 is 15.8 Å². The van der Waals surface area contributed by atoms with Gasteiger partial charge in [-0.25, -0.2) is 12.8 Å². The summed E-state index contributed by atoms with van der Waals surface area (Å²) in [7, 11) is -3.64. The lowest BCUT2D eigenvalue weighted by Gasteiger charge is -2.24. The van der Waals surface area contributed by atoms with Crippen molar-refractivity contribution in [3.8, 4) is 0 Å². The average Bonchev–Trinajstić information content (AvgIpc) is 2.35. The predicted octanol–water partition coefficient (Wildman–Crippen LogP) is 2.84. The van der Waals surface area contributed by atoms with Crippen molar-refractivity contribution in [1.82, 2.24) is 4.31 Å². The van der Waals surface area contributed by atoms with Gasteiger partial charge in [0.05, 0.1) is 10.6 Å². The van der Waals surface area contributed by atoms with Crippen LogP contribution in [0.15, 0.2) is 11.0 Å². The van der Waals surface area contributed by atoms with Crippen molar-refractivity contribution in [3.63, 3.8) is 0 Å². The molecular weight excluding hydrogens is 279 g/mol. The Bertz CT molecular complexity index is 579. The van der Waals surface area contributed by atoms with Crippen LogP contribution in [0.25, 0.3) is 0 Å². The summed E-state index contributed by atoms with van der Waals surface area (Å²) in [6, 6.07) is 1.19. The van der Waals surface area contributed by atoms with Gasteiger partial charge in [-0.3, -0.25) is 0 Å². The minimum Gasteiger partial charge on any atom is -0.396 e. The minimum absolute atomic E-state index is 0.0953. The fourth-order valence-corrected chi connectivity index (χ4v) is 4.37. The minimum atomic E-state index is -3.64. The maximum atomic E-state index is 13.6. The number of hydrogen-bond acceptors (Lipinski definition) is 3. The number of rotatable bonds is 6. The standard InChI is InChI=1S/C14H23FN2O2S/c1-5-7-17(8-6-2)20(18,19)14-10(3)9-12(15)13(16)11(14)4/h9H,5-8,16H2,1-4H3. The van der Waals surface area contributed by atoms with E-state index in [0.717, 1.165) is 12.8 Å². The Morgan fingerprint density at radius 2 is 1.70 bits per heavy atom. The van der Waals surface area contributed by atoms with E-state index in [1.165, 1.54) is 10.4 Å². The summed E-state index contributed by atoms with van der Waals surface area (Å²) in [6.45, 7) is 7.90. The number of hydrogen-bond donors (Lipinski definition) is 1. The van der Waals surface area contributed by atoms with E-state index in [2.05, 4.69) is 0 Å². The Hall–Kier alpha value is -1.14. The Balaban J connectivity index is 3.45. The highest BCUT2D eigenvalue weighted by Gasteiger charge is 2.28. The van der Waals surface area contributed by atoms with E-state index in [0.29, 0.717) is 24.2 Å². The Morgan fingerprint density at radius 3 is 2.15 bits per heavy atom. The van der Waals surface area contributed by atoms with Crippen molar-refractivity contribution in [2.24, 2.45) is 0 Å². The smallest absolute Gasteiger partial charge is 0.243 e. The maximum Gasteiger partial charge on any atom is 0.243 e. The molecule has 6 heteroatoms. The molecule has 1 aromatic rings. The molecule has 0 heterocycles. The maximum absolute atomic E-state index is 13.6. The summed E-state index contributed by atoms with van der Waals surface area (Å²) < 4.78 is 40.5. The van der Waals surface area contributed by atoms with E-state index >= 15 is 0 Å². The molecule has 1 aromatic carbocycles. The van der Waals surface area contributed by atoms with Crippen molar-refractivity contribution in [2.45, 2.75) is 45.4 Å². The molecule has 0 saturated carbocycles. The molecule has 0 bridgehead atoms. The number of nitrogens with two attached hydrogens (primary N) is 1. The van der Waals surface area contributed by atoms with Crippen LogP contribution in [-0.2, 0) is 10.0 Å². The van der Waals surface area contributed by atoms with Gasteiger partial charge in [0, 0.05) is 13.1 Å². The molecule has 0 amide bonds. The lowest BCUT2D eigenvalue weighted by atomic mass is 10.1. The van der Waals surface area contributed by atoms with Crippen LogP contribution in [0.5, 0.6) is 0 Å². The lowest BCUT2D eigenvalue weighted by molar-refractivity contribution is 0.409. The Kier molecular flexibility index (Phi) is 5.53. The quantitative estimate of drug-likeness (QED) is 0.822. The first-order valence-electron chi connectivity index (χ1n) is 6.82. The van der Waals surface area contributed by atoms with Gasteiger partial charge < -0.3 is 5.73 Å². The van der Waals surface area contributed by atoms with Gasteiger partial charge in [0.2, 0.25) is 10.0 Å². The number of nitrogens with zero attached hydrogens (tertiary/aromatic N) is 1. The van der Waals surface area contributed by atoms with Crippen LogP contribution in [-0.4, -0.2) is 25.8 Å². The van der Waals surface area contributed by atoms with Crippen molar-refractivity contribution >= 4 is 15.7 Å².